The Balaban J connectivity index is 2.99. The molecule has 0 saturated carbocycles. The van der Waals surface area contributed by atoms with E-state index in [4.69, 9.17) is 5.11 Å². The average Bonchev–Trinajstić information content (AvgIpc) is 1.36. The van der Waals surface area contributed by atoms with Crippen molar-refractivity contribution in [3.05, 3.63) is 0 Å². The fourth-order valence-corrected chi connectivity index (χ4v) is 0. The van der Waals surface area contributed by atoms with Crippen molar-refractivity contribution in [2.24, 2.45) is 0 Å². The Labute approximate surface area is 34.6 Å². The number of halogens is 2. The molecule has 0 aromatic rings. The zero-order valence-electron chi connectivity index (χ0n) is 3.36. The summed E-state index contributed by atoms with van der Waals surface area (Å²) < 4.78 is 21.8. The second-order valence-electron chi connectivity index (χ2n) is 1.08. The molecule has 0 unspecified atom stereocenters. The Hall–Kier alpha value is -0.180. The number of hydrogen-bond donors (Lipinski definition) is 1. The molecule has 0 radical (unpaired) electrons. The van der Waals surface area contributed by atoms with Gasteiger partial charge in [0.2, 0.25) is 0 Å². The van der Waals surface area contributed by atoms with Crippen LogP contribution in [0.1, 0.15) is 6.92 Å². The van der Waals surface area contributed by atoms with Crippen molar-refractivity contribution in [1.29, 1.82) is 0 Å². The van der Waals surface area contributed by atoms with Gasteiger partial charge in [0.05, 0.1) is 0 Å². The summed E-state index contributed by atoms with van der Waals surface area (Å²) in [5.41, 5.74) is 0. The van der Waals surface area contributed by atoms with E-state index in [9.17, 15) is 8.78 Å². The van der Waals surface area contributed by atoms with Crippen LogP contribution < -0.4 is 0 Å². The third-order valence-corrected chi connectivity index (χ3v) is 0.365. The highest BCUT2D eigenvalue weighted by atomic mass is 19.3. The van der Waals surface area contributed by atoms with Crippen molar-refractivity contribution in [3.8, 4) is 0 Å². The topological polar surface area (TPSA) is 20.2 Å². The first-order valence-corrected chi connectivity index (χ1v) is 1.61. The normalized spacial score (nSPS) is 15.5. The maximum atomic E-state index is 10.9. The summed E-state index contributed by atoms with van der Waals surface area (Å²) in [6, 6.07) is 0. The maximum absolute atomic E-state index is 10.9. The molecule has 0 heterocycles. The minimum atomic E-state index is -2.59. The molecule has 1 N–H and O–H groups in total. The van der Waals surface area contributed by atoms with E-state index in [0.717, 1.165) is 6.92 Å². The van der Waals surface area contributed by atoms with Crippen molar-refractivity contribution in [1.82, 2.24) is 0 Å². The zero-order valence-corrected chi connectivity index (χ0v) is 3.36. The first kappa shape index (κ1) is 5.82. The van der Waals surface area contributed by atoms with Gasteiger partial charge in [0, 0.05) is 0 Å². The van der Waals surface area contributed by atoms with E-state index in [1.807, 2.05) is 0 Å². The summed E-state index contributed by atoms with van der Waals surface area (Å²) in [4.78, 5) is 0. The molecule has 0 fully saturated rings. The standard InChI is InChI=1S/C3H6F2O/c1-2(6)3(4)5/h2-3,6H,1H3/t2-/m0/s1. The van der Waals surface area contributed by atoms with Gasteiger partial charge < -0.3 is 5.11 Å². The Bertz CT molecular complexity index is 29.8. The van der Waals surface area contributed by atoms with Gasteiger partial charge in [-0.25, -0.2) is 8.78 Å². The van der Waals surface area contributed by atoms with Crippen LogP contribution in [0.15, 0.2) is 0 Å². The van der Waals surface area contributed by atoms with E-state index in [1.165, 1.54) is 0 Å². The fourth-order valence-electron chi connectivity index (χ4n) is 0. The molecule has 0 rings (SSSR count). The summed E-state index contributed by atoms with van der Waals surface area (Å²) in [6.07, 6.45) is -4.07. The minimum Gasteiger partial charge on any atom is -0.387 e. The molecule has 38 valence electrons. The summed E-state index contributed by atoms with van der Waals surface area (Å²) in [7, 11) is 0. The summed E-state index contributed by atoms with van der Waals surface area (Å²) >= 11 is 0. The lowest BCUT2D eigenvalue weighted by Gasteiger charge is -1.96. The van der Waals surface area contributed by atoms with E-state index in [2.05, 4.69) is 0 Å². The number of aliphatic hydroxyl groups is 1. The van der Waals surface area contributed by atoms with Crippen LogP contribution in [0.5, 0.6) is 0 Å². The first-order valence-electron chi connectivity index (χ1n) is 1.61. The molecule has 1 atom stereocenters. The van der Waals surface area contributed by atoms with Gasteiger partial charge in [-0.3, -0.25) is 0 Å². The summed E-state index contributed by atoms with van der Waals surface area (Å²) in [5, 5.41) is 7.88. The molecule has 0 aliphatic rings. The van der Waals surface area contributed by atoms with E-state index in [1.54, 1.807) is 0 Å². The van der Waals surface area contributed by atoms with Gasteiger partial charge in [-0.15, -0.1) is 0 Å². The predicted octanol–water partition coefficient (Wildman–Crippen LogP) is 0.632. The van der Waals surface area contributed by atoms with Gasteiger partial charge in [-0.2, -0.15) is 0 Å². The average molecular weight is 96.1 g/mol. The van der Waals surface area contributed by atoms with E-state index in [0.29, 0.717) is 0 Å². The molecule has 0 aliphatic heterocycles. The largest absolute Gasteiger partial charge is 0.387 e. The molecule has 0 aromatic heterocycles. The predicted molar refractivity (Wildman–Crippen MR) is 17.7 cm³/mol. The lowest BCUT2D eigenvalue weighted by Crippen LogP contribution is -2.10. The molecule has 0 aliphatic carbocycles. The highest BCUT2D eigenvalue weighted by Crippen LogP contribution is 1.96. The van der Waals surface area contributed by atoms with E-state index in [-0.39, 0.29) is 0 Å². The fraction of sp³-hybridized carbons (Fsp3) is 1.00. The third-order valence-electron chi connectivity index (χ3n) is 0.365. The van der Waals surface area contributed by atoms with E-state index < -0.39 is 12.5 Å². The van der Waals surface area contributed by atoms with Crippen molar-refractivity contribution >= 4 is 0 Å². The van der Waals surface area contributed by atoms with Gasteiger partial charge >= 0.3 is 0 Å². The van der Waals surface area contributed by atoms with Crippen LogP contribution in [-0.2, 0) is 0 Å². The minimum absolute atomic E-state index is 1.05. The molecule has 3 heteroatoms. The lowest BCUT2D eigenvalue weighted by atomic mass is 10.4. The summed E-state index contributed by atoms with van der Waals surface area (Å²) in [6.45, 7) is 1.05. The molecule has 0 aromatic carbocycles. The molecule has 6 heavy (non-hydrogen) atoms. The third kappa shape index (κ3) is 2.08. The molecule has 0 saturated heterocycles. The van der Waals surface area contributed by atoms with Crippen LogP contribution in [0, 0.1) is 0 Å². The highest BCUT2D eigenvalue weighted by Gasteiger charge is 2.07. The smallest absolute Gasteiger partial charge is 0.263 e. The van der Waals surface area contributed by atoms with Crippen LogP contribution in [0.25, 0.3) is 0 Å². The summed E-state index contributed by atoms with van der Waals surface area (Å²) in [5.74, 6) is 0. The highest BCUT2D eigenvalue weighted by molar-refractivity contribution is 4.44. The van der Waals surface area contributed by atoms with Gasteiger partial charge in [-0.1, -0.05) is 0 Å². The molecule has 0 spiro atoms. The number of alkyl halides is 2. The van der Waals surface area contributed by atoms with Crippen LogP contribution in [0.3, 0.4) is 0 Å². The van der Waals surface area contributed by atoms with Crippen LogP contribution in [0.4, 0.5) is 8.78 Å². The van der Waals surface area contributed by atoms with Crippen molar-refractivity contribution in [2.45, 2.75) is 19.5 Å². The Morgan fingerprint density at radius 1 is 1.50 bits per heavy atom. The number of aliphatic hydroxyl groups excluding tert-OH is 1. The Morgan fingerprint density at radius 3 is 1.67 bits per heavy atom. The lowest BCUT2D eigenvalue weighted by molar-refractivity contribution is 0.00720. The number of hydrogen-bond acceptors (Lipinski definition) is 1. The SMILES string of the molecule is C[C@H](O)C(F)F. The van der Waals surface area contributed by atoms with Crippen LogP contribution in [-0.4, -0.2) is 17.6 Å². The Morgan fingerprint density at radius 2 is 1.67 bits per heavy atom. The first-order chi connectivity index (χ1) is 2.64. The molecular formula is C3H6F2O. The van der Waals surface area contributed by atoms with Crippen LogP contribution in [0.2, 0.25) is 0 Å². The second kappa shape index (κ2) is 2.08. The van der Waals surface area contributed by atoms with Crippen molar-refractivity contribution in [2.75, 3.05) is 0 Å². The van der Waals surface area contributed by atoms with Crippen LogP contribution >= 0.6 is 0 Å². The van der Waals surface area contributed by atoms with Crippen molar-refractivity contribution < 1.29 is 13.9 Å². The quantitative estimate of drug-likeness (QED) is 0.507. The molecule has 1 nitrogen and oxygen atoms in total. The van der Waals surface area contributed by atoms with Gasteiger partial charge in [0.15, 0.2) is 0 Å². The van der Waals surface area contributed by atoms with Gasteiger partial charge in [0.1, 0.15) is 6.10 Å². The Kier molecular flexibility index (Phi) is 2.01. The van der Waals surface area contributed by atoms with Crippen molar-refractivity contribution in [3.63, 3.8) is 0 Å². The number of rotatable bonds is 1. The van der Waals surface area contributed by atoms with Gasteiger partial charge in [-0.05, 0) is 6.92 Å². The zero-order chi connectivity index (χ0) is 5.15. The van der Waals surface area contributed by atoms with Gasteiger partial charge in [0.25, 0.3) is 6.43 Å². The maximum Gasteiger partial charge on any atom is 0.263 e. The monoisotopic (exact) mass is 96.0 g/mol. The van der Waals surface area contributed by atoms with E-state index >= 15 is 0 Å². The second-order valence-corrected chi connectivity index (χ2v) is 1.08. The molecule has 0 amide bonds. The molecular weight excluding hydrogens is 90.0 g/mol. The molecule has 0 bridgehead atoms.